The van der Waals surface area contributed by atoms with Crippen LogP contribution in [-0.2, 0) is 30.0 Å². The van der Waals surface area contributed by atoms with E-state index in [0.717, 1.165) is 47.5 Å². The summed E-state index contributed by atoms with van der Waals surface area (Å²) in [7, 11) is -1.28. The lowest BCUT2D eigenvalue weighted by molar-refractivity contribution is -0.150. The van der Waals surface area contributed by atoms with Gasteiger partial charge in [-0.3, -0.25) is 18.7 Å². The lowest BCUT2D eigenvalue weighted by Gasteiger charge is -2.49. The van der Waals surface area contributed by atoms with Crippen LogP contribution in [0.5, 0.6) is 0 Å². The number of allylic oxidation sites excluding steroid dienone is 1. The number of nitrogens with one attached hydrogen (secondary N) is 1. The largest absolute Gasteiger partial charge is 0.477 e. The lowest BCUT2D eigenvalue weighted by atomic mass is 10.0. The number of nitrogen functional groups attached to an aromatic ring is 1. The van der Waals surface area contributed by atoms with Gasteiger partial charge in [0.15, 0.2) is 15.9 Å². The van der Waals surface area contributed by atoms with E-state index in [4.69, 9.17) is 15.0 Å². The van der Waals surface area contributed by atoms with E-state index < -0.39 is 40.0 Å². The standard InChI is InChI=1S/C26H25N5O7S4/c27-26-28-17(11-41-26)18(30-38-15-3-1-2-4-15)21(32)29-19-22(33)31-20(24(34)35)14(10-40-23(19)31)6-8-39-16-9-13-5-7-37-25(13)42(36)12-16/h5-9,11,15,19,23H,1-4,10,12H2,(H2,27,28)(H,29,32)(H,34,35)/t19?,23-,42?/m0/s1. The van der Waals surface area contributed by atoms with Crippen molar-refractivity contribution in [3.8, 4) is 0 Å². The number of hydrogen-bond acceptors (Lipinski definition) is 12. The van der Waals surface area contributed by atoms with Gasteiger partial charge in [-0.15, -0.1) is 34.9 Å². The first-order chi connectivity index (χ1) is 20.3. The molecule has 1 aliphatic carbocycles. The normalized spacial score (nSPS) is 24.3. The van der Waals surface area contributed by atoms with Crippen LogP contribution in [-0.4, -0.2) is 71.7 Å². The van der Waals surface area contributed by atoms with Gasteiger partial charge in [0.1, 0.15) is 28.9 Å². The molecule has 0 bridgehead atoms. The van der Waals surface area contributed by atoms with Gasteiger partial charge in [-0.05, 0) is 54.9 Å². The summed E-state index contributed by atoms with van der Waals surface area (Å²) in [6, 6.07) is 0.796. The SMILES string of the molecule is Nc1nc(C(=NOC2CCCC2)C(=O)NC2C(=O)N3C(C(=O)O)=C(C=CSC4=Cc5ccoc5S(=O)C4)CS[C@@H]23)cs1. The number of aromatic nitrogens is 1. The lowest BCUT2D eigenvalue weighted by Crippen LogP contribution is -2.71. The third kappa shape index (κ3) is 5.67. The van der Waals surface area contributed by atoms with Crippen molar-refractivity contribution in [1.82, 2.24) is 15.2 Å². The zero-order valence-electron chi connectivity index (χ0n) is 21.9. The van der Waals surface area contributed by atoms with Gasteiger partial charge in [-0.2, -0.15) is 0 Å². The van der Waals surface area contributed by atoms with Gasteiger partial charge in [0.05, 0.1) is 22.8 Å². The van der Waals surface area contributed by atoms with Crippen molar-refractivity contribution < 1.29 is 33.0 Å². The first-order valence-corrected chi connectivity index (χ1v) is 17.1. The number of nitrogens with two attached hydrogens (primary N) is 1. The van der Waals surface area contributed by atoms with Crippen molar-refractivity contribution in [2.24, 2.45) is 5.16 Å². The van der Waals surface area contributed by atoms with Crippen LogP contribution in [0.2, 0.25) is 0 Å². The number of nitrogens with zero attached hydrogens (tertiary/aromatic N) is 3. The molecule has 220 valence electrons. The minimum absolute atomic E-state index is 0.0861. The Labute approximate surface area is 254 Å². The van der Waals surface area contributed by atoms with Gasteiger partial charge < -0.3 is 25.4 Å². The molecule has 1 saturated carbocycles. The Morgan fingerprint density at radius 1 is 1.36 bits per heavy atom. The summed E-state index contributed by atoms with van der Waals surface area (Å²) in [5, 5.41) is 20.2. The number of carboxylic acid groups (broad SMARTS) is 1. The molecule has 3 aliphatic heterocycles. The molecule has 1 saturated heterocycles. The summed E-state index contributed by atoms with van der Waals surface area (Å²) >= 11 is 3.83. The highest BCUT2D eigenvalue weighted by molar-refractivity contribution is 8.06. The highest BCUT2D eigenvalue weighted by Crippen LogP contribution is 2.41. The number of aliphatic carboxylic acids is 1. The molecule has 16 heteroatoms. The van der Waals surface area contributed by atoms with Gasteiger partial charge in [0.25, 0.3) is 11.8 Å². The number of carbonyl (C=O) groups excluding carboxylic acids is 2. The number of β-lactam (4-membered cyclic amide) rings is 1. The van der Waals surface area contributed by atoms with Crippen molar-refractivity contribution in [2.75, 3.05) is 17.2 Å². The van der Waals surface area contributed by atoms with E-state index in [0.29, 0.717) is 22.2 Å². The molecule has 2 aromatic heterocycles. The van der Waals surface area contributed by atoms with Crippen LogP contribution in [0, 0.1) is 0 Å². The molecule has 2 unspecified atom stereocenters. The molecule has 4 N–H and O–H groups in total. The van der Waals surface area contributed by atoms with Crippen LogP contribution in [0.1, 0.15) is 36.9 Å². The molecule has 12 nitrogen and oxygen atoms in total. The molecule has 6 rings (SSSR count). The molecule has 0 spiro atoms. The molecule has 2 aromatic rings. The van der Waals surface area contributed by atoms with Crippen LogP contribution in [0.15, 0.2) is 60.0 Å². The summed E-state index contributed by atoms with van der Waals surface area (Å²) < 4.78 is 17.6. The highest BCUT2D eigenvalue weighted by atomic mass is 32.2. The molecule has 42 heavy (non-hydrogen) atoms. The second-order valence-corrected chi connectivity index (χ2v) is 14.1. The average Bonchev–Trinajstić information content (AvgIpc) is 3.74. The molecule has 2 amide bonds. The molecule has 0 aromatic carbocycles. The van der Waals surface area contributed by atoms with E-state index in [-0.39, 0.29) is 28.3 Å². The van der Waals surface area contributed by atoms with E-state index in [1.54, 1.807) is 22.9 Å². The maximum atomic E-state index is 13.3. The number of rotatable bonds is 9. The minimum atomic E-state index is -1.28. The first kappa shape index (κ1) is 28.8. The summed E-state index contributed by atoms with van der Waals surface area (Å²) in [6.07, 6.45) is 8.68. The van der Waals surface area contributed by atoms with E-state index in [2.05, 4.69) is 15.5 Å². The molecular formula is C26H25N5O7S4. The third-order valence-corrected chi connectivity index (χ3v) is 11.3. The second kappa shape index (κ2) is 12.1. The van der Waals surface area contributed by atoms with Crippen LogP contribution >= 0.6 is 34.9 Å². The predicted molar refractivity (Wildman–Crippen MR) is 161 cm³/mol. The smallest absolute Gasteiger partial charge is 0.352 e. The number of hydrogen-bond donors (Lipinski definition) is 3. The van der Waals surface area contributed by atoms with E-state index in [9.17, 15) is 23.7 Å². The topological polar surface area (TPSA) is 177 Å². The molecule has 4 aliphatic rings. The van der Waals surface area contributed by atoms with Crippen molar-refractivity contribution in [2.45, 2.75) is 48.3 Å². The molecule has 2 fully saturated rings. The number of thioether (sulfide) groups is 2. The number of thiazole rings is 1. The number of fused-ring (bicyclic) bond motifs is 2. The fourth-order valence-electron chi connectivity index (χ4n) is 4.98. The number of oxime groups is 1. The summed E-state index contributed by atoms with van der Waals surface area (Å²) in [6.45, 7) is 0. The Bertz CT molecular complexity index is 1590. The molecule has 0 radical (unpaired) electrons. The zero-order valence-corrected chi connectivity index (χ0v) is 25.2. The Hall–Kier alpha value is -3.34. The number of anilines is 1. The van der Waals surface area contributed by atoms with Gasteiger partial charge in [0, 0.05) is 21.6 Å². The van der Waals surface area contributed by atoms with Crippen LogP contribution in [0.4, 0.5) is 5.13 Å². The zero-order chi connectivity index (χ0) is 29.4. The monoisotopic (exact) mass is 647 g/mol. The van der Waals surface area contributed by atoms with Crippen molar-refractivity contribution in [1.29, 1.82) is 0 Å². The van der Waals surface area contributed by atoms with Gasteiger partial charge in [-0.1, -0.05) is 5.16 Å². The Morgan fingerprint density at radius 3 is 2.90 bits per heavy atom. The van der Waals surface area contributed by atoms with E-state index in [1.165, 1.54) is 34.7 Å². The maximum Gasteiger partial charge on any atom is 0.352 e. The Balaban J connectivity index is 1.15. The molecule has 5 heterocycles. The van der Waals surface area contributed by atoms with E-state index in [1.807, 2.05) is 6.08 Å². The number of amides is 2. The van der Waals surface area contributed by atoms with Crippen LogP contribution < -0.4 is 11.1 Å². The average molecular weight is 648 g/mol. The quantitative estimate of drug-likeness (QED) is 0.207. The summed E-state index contributed by atoms with van der Waals surface area (Å²) in [5.41, 5.74) is 7.01. The van der Waals surface area contributed by atoms with Gasteiger partial charge in [-0.25, -0.2) is 9.78 Å². The number of carboxylic acids is 1. The van der Waals surface area contributed by atoms with Crippen molar-refractivity contribution >= 4 is 80.4 Å². The number of carbonyl (C=O) groups is 3. The predicted octanol–water partition coefficient (Wildman–Crippen LogP) is 3.13. The highest BCUT2D eigenvalue weighted by Gasteiger charge is 2.54. The van der Waals surface area contributed by atoms with E-state index >= 15 is 0 Å². The fraction of sp³-hybridized carbons (Fsp3) is 0.346. The third-order valence-electron chi connectivity index (χ3n) is 7.01. The fourth-order valence-corrected chi connectivity index (χ4v) is 9.07. The molecular weight excluding hydrogens is 623 g/mol. The maximum absolute atomic E-state index is 13.3. The Morgan fingerprint density at radius 2 is 2.17 bits per heavy atom. The van der Waals surface area contributed by atoms with Crippen LogP contribution in [0.3, 0.4) is 0 Å². The minimum Gasteiger partial charge on any atom is -0.477 e. The summed E-state index contributed by atoms with van der Waals surface area (Å²) in [5.74, 6) is -1.82. The van der Waals surface area contributed by atoms with Gasteiger partial charge >= 0.3 is 5.97 Å². The number of furan rings is 1. The van der Waals surface area contributed by atoms with Crippen molar-refractivity contribution in [3.05, 3.63) is 56.6 Å². The second-order valence-electron chi connectivity index (χ2n) is 9.75. The van der Waals surface area contributed by atoms with Crippen LogP contribution in [0.25, 0.3) is 6.08 Å². The Kier molecular flexibility index (Phi) is 8.29. The van der Waals surface area contributed by atoms with Gasteiger partial charge in [0.2, 0.25) is 0 Å². The molecule has 3 atom stereocenters. The summed E-state index contributed by atoms with van der Waals surface area (Å²) in [4.78, 5) is 50.5. The van der Waals surface area contributed by atoms with Crippen molar-refractivity contribution in [3.63, 3.8) is 0 Å². The first-order valence-electron chi connectivity index (χ1n) is 13.0.